The van der Waals surface area contributed by atoms with E-state index in [1.807, 2.05) is 0 Å². The van der Waals surface area contributed by atoms with E-state index in [1.165, 1.54) is 22.7 Å². The molecule has 1 aliphatic rings. The Kier molecular flexibility index (Phi) is 3.85. The predicted molar refractivity (Wildman–Crippen MR) is 53.0 cm³/mol. The van der Waals surface area contributed by atoms with E-state index >= 15 is 0 Å². The van der Waals surface area contributed by atoms with E-state index < -0.39 is 10.2 Å². The predicted octanol–water partition coefficient (Wildman–Crippen LogP) is -1.55. The van der Waals surface area contributed by atoms with Gasteiger partial charge in [0.25, 0.3) is 10.2 Å². The van der Waals surface area contributed by atoms with E-state index in [2.05, 4.69) is 0 Å². The van der Waals surface area contributed by atoms with Crippen LogP contribution >= 0.6 is 0 Å². The third-order valence-electron chi connectivity index (χ3n) is 2.20. The van der Waals surface area contributed by atoms with Gasteiger partial charge in [0.1, 0.15) is 0 Å². The maximum Gasteiger partial charge on any atom is 0.281 e. The molecule has 14 heavy (non-hydrogen) atoms. The van der Waals surface area contributed by atoms with Crippen LogP contribution in [0, 0.1) is 0 Å². The standard InChI is InChI=1S/C7H17N3O3S/c1-9(2)14(11,12)10-3-4-13-6-7(10)5-8/h7H,3-6,8H2,1-2H3. The number of ether oxygens (including phenoxy) is 1. The third-order valence-corrected chi connectivity index (χ3v) is 4.20. The van der Waals surface area contributed by atoms with Crippen LogP contribution in [-0.2, 0) is 14.9 Å². The summed E-state index contributed by atoms with van der Waals surface area (Å²) in [5.74, 6) is 0. The highest BCUT2D eigenvalue weighted by molar-refractivity contribution is 7.86. The first-order valence-corrected chi connectivity index (χ1v) is 5.87. The van der Waals surface area contributed by atoms with Gasteiger partial charge in [-0.2, -0.15) is 17.0 Å². The maximum absolute atomic E-state index is 11.8. The summed E-state index contributed by atoms with van der Waals surface area (Å²) in [7, 11) is -0.330. The van der Waals surface area contributed by atoms with Crippen LogP contribution in [0.4, 0.5) is 0 Å². The van der Waals surface area contributed by atoms with Gasteiger partial charge in [0, 0.05) is 27.2 Å². The Morgan fingerprint density at radius 2 is 2.21 bits per heavy atom. The maximum atomic E-state index is 11.8. The van der Waals surface area contributed by atoms with Crippen LogP contribution in [0.15, 0.2) is 0 Å². The summed E-state index contributed by atoms with van der Waals surface area (Å²) in [5, 5.41) is 0. The van der Waals surface area contributed by atoms with Gasteiger partial charge in [-0.1, -0.05) is 0 Å². The highest BCUT2D eigenvalue weighted by atomic mass is 32.2. The van der Waals surface area contributed by atoms with Crippen molar-refractivity contribution < 1.29 is 13.2 Å². The van der Waals surface area contributed by atoms with Gasteiger partial charge in [0.2, 0.25) is 0 Å². The van der Waals surface area contributed by atoms with Gasteiger partial charge in [-0.15, -0.1) is 0 Å². The molecular formula is C7H17N3O3S. The summed E-state index contributed by atoms with van der Waals surface area (Å²) in [5.41, 5.74) is 5.49. The number of rotatable bonds is 3. The second-order valence-electron chi connectivity index (χ2n) is 3.37. The molecule has 0 aromatic carbocycles. The largest absolute Gasteiger partial charge is 0.378 e. The minimum Gasteiger partial charge on any atom is -0.378 e. The van der Waals surface area contributed by atoms with Gasteiger partial charge >= 0.3 is 0 Å². The summed E-state index contributed by atoms with van der Waals surface area (Å²) in [6.45, 7) is 1.47. The number of nitrogens with zero attached hydrogens (tertiary/aromatic N) is 2. The van der Waals surface area contributed by atoms with E-state index in [0.29, 0.717) is 19.8 Å². The molecule has 2 N–H and O–H groups in total. The molecule has 1 unspecified atom stereocenters. The van der Waals surface area contributed by atoms with Crippen molar-refractivity contribution >= 4 is 10.2 Å². The Bertz CT molecular complexity index is 278. The second kappa shape index (κ2) is 4.54. The Hall–Kier alpha value is -0.210. The topological polar surface area (TPSA) is 75.9 Å². The van der Waals surface area contributed by atoms with Crippen LogP contribution in [0.25, 0.3) is 0 Å². The summed E-state index contributed by atoms with van der Waals surface area (Å²) in [4.78, 5) is 0. The normalized spacial score (nSPS) is 25.6. The van der Waals surface area contributed by atoms with E-state index in [0.717, 1.165) is 0 Å². The SMILES string of the molecule is CN(C)S(=O)(=O)N1CCOCC1CN. The van der Waals surface area contributed by atoms with Crippen LogP contribution in [0.1, 0.15) is 0 Å². The van der Waals surface area contributed by atoms with Gasteiger partial charge in [0.05, 0.1) is 19.3 Å². The Morgan fingerprint density at radius 1 is 1.57 bits per heavy atom. The molecule has 1 rings (SSSR count). The van der Waals surface area contributed by atoms with Crippen LogP contribution in [0.2, 0.25) is 0 Å². The number of hydrogen-bond donors (Lipinski definition) is 1. The molecule has 1 saturated heterocycles. The first kappa shape index (κ1) is 11.9. The van der Waals surface area contributed by atoms with Crippen LogP contribution in [0.5, 0.6) is 0 Å². The summed E-state index contributed by atoms with van der Waals surface area (Å²) in [6.07, 6.45) is 0. The van der Waals surface area contributed by atoms with E-state index in [-0.39, 0.29) is 12.6 Å². The smallest absolute Gasteiger partial charge is 0.281 e. The quantitative estimate of drug-likeness (QED) is 0.628. The lowest BCUT2D eigenvalue weighted by Crippen LogP contribution is -2.54. The molecule has 1 atom stereocenters. The van der Waals surface area contributed by atoms with Gasteiger partial charge in [-0.05, 0) is 0 Å². The lowest BCUT2D eigenvalue weighted by molar-refractivity contribution is 0.0337. The van der Waals surface area contributed by atoms with Crippen LogP contribution in [0.3, 0.4) is 0 Å². The average Bonchev–Trinajstić information content (AvgIpc) is 2.17. The van der Waals surface area contributed by atoms with Crippen molar-refractivity contribution in [3.63, 3.8) is 0 Å². The molecule has 6 nitrogen and oxygen atoms in total. The molecule has 0 spiro atoms. The first-order chi connectivity index (χ1) is 6.50. The molecular weight excluding hydrogens is 206 g/mol. The molecule has 1 heterocycles. The lowest BCUT2D eigenvalue weighted by atomic mass is 10.3. The molecule has 0 radical (unpaired) electrons. The summed E-state index contributed by atoms with van der Waals surface area (Å²) in [6, 6.07) is -0.240. The van der Waals surface area contributed by atoms with Gasteiger partial charge < -0.3 is 10.5 Å². The van der Waals surface area contributed by atoms with E-state index in [4.69, 9.17) is 10.5 Å². The Balaban J connectivity index is 2.83. The van der Waals surface area contributed by atoms with Crippen molar-refractivity contribution in [1.29, 1.82) is 0 Å². The van der Waals surface area contributed by atoms with Crippen molar-refractivity contribution in [1.82, 2.24) is 8.61 Å². The lowest BCUT2D eigenvalue weighted by Gasteiger charge is -2.35. The zero-order valence-electron chi connectivity index (χ0n) is 8.51. The van der Waals surface area contributed by atoms with Crippen molar-refractivity contribution in [3.8, 4) is 0 Å². The van der Waals surface area contributed by atoms with E-state index in [9.17, 15) is 8.42 Å². The fourth-order valence-corrected chi connectivity index (χ4v) is 2.59. The van der Waals surface area contributed by atoms with Crippen molar-refractivity contribution in [3.05, 3.63) is 0 Å². The minimum atomic E-state index is -3.35. The minimum absolute atomic E-state index is 0.240. The monoisotopic (exact) mass is 223 g/mol. The van der Waals surface area contributed by atoms with E-state index in [1.54, 1.807) is 0 Å². The molecule has 0 bridgehead atoms. The highest BCUT2D eigenvalue weighted by Gasteiger charge is 2.33. The van der Waals surface area contributed by atoms with Crippen molar-refractivity contribution in [2.45, 2.75) is 6.04 Å². The molecule has 1 fully saturated rings. The fraction of sp³-hybridized carbons (Fsp3) is 1.00. The van der Waals surface area contributed by atoms with Crippen molar-refractivity contribution in [2.75, 3.05) is 40.4 Å². The van der Waals surface area contributed by atoms with Crippen molar-refractivity contribution in [2.24, 2.45) is 5.73 Å². The Morgan fingerprint density at radius 3 is 2.71 bits per heavy atom. The average molecular weight is 223 g/mol. The summed E-state index contributed by atoms with van der Waals surface area (Å²) >= 11 is 0. The zero-order valence-corrected chi connectivity index (χ0v) is 9.33. The van der Waals surface area contributed by atoms with Gasteiger partial charge in [0.15, 0.2) is 0 Å². The van der Waals surface area contributed by atoms with Crippen LogP contribution in [-0.4, -0.2) is 63.5 Å². The molecule has 0 aliphatic carbocycles. The molecule has 0 amide bonds. The summed E-state index contributed by atoms with van der Waals surface area (Å²) < 4.78 is 31.4. The molecule has 7 heteroatoms. The molecule has 1 aliphatic heterocycles. The Labute approximate surface area is 84.8 Å². The molecule has 0 aromatic rings. The number of hydrogen-bond acceptors (Lipinski definition) is 4. The first-order valence-electron chi connectivity index (χ1n) is 4.47. The molecule has 84 valence electrons. The third kappa shape index (κ3) is 2.23. The highest BCUT2D eigenvalue weighted by Crippen LogP contribution is 2.13. The zero-order chi connectivity index (χ0) is 10.8. The fourth-order valence-electron chi connectivity index (χ4n) is 1.34. The van der Waals surface area contributed by atoms with Crippen LogP contribution < -0.4 is 5.73 Å². The van der Waals surface area contributed by atoms with Gasteiger partial charge in [-0.25, -0.2) is 0 Å². The number of morpholine rings is 1. The molecule has 0 aromatic heterocycles. The second-order valence-corrected chi connectivity index (χ2v) is 5.46. The molecule has 0 saturated carbocycles. The number of nitrogens with two attached hydrogens (primary N) is 1. The van der Waals surface area contributed by atoms with Gasteiger partial charge in [-0.3, -0.25) is 0 Å².